The second-order valence-electron chi connectivity index (χ2n) is 7.49. The standard InChI is InChI=1S/C18H28N4O7/c1-10(18(28)29)20-15(25)12-4-2-8-21(12)17(27)13-5-3-9-22(13)16(26)11(19)6-7-14(23)24/h10-13H,2-9,19H2,1H3,(H,20,25)(H,23,24)(H,28,29). The molecular formula is C18H28N4O7. The summed E-state index contributed by atoms with van der Waals surface area (Å²) in [6, 6.07) is -3.60. The fourth-order valence-corrected chi connectivity index (χ4v) is 3.77. The van der Waals surface area contributed by atoms with Gasteiger partial charge in [0, 0.05) is 19.5 Å². The lowest BCUT2D eigenvalue weighted by atomic mass is 10.1. The summed E-state index contributed by atoms with van der Waals surface area (Å²) in [7, 11) is 0. The zero-order valence-corrected chi connectivity index (χ0v) is 16.4. The van der Waals surface area contributed by atoms with Gasteiger partial charge in [0.1, 0.15) is 18.1 Å². The predicted molar refractivity (Wildman–Crippen MR) is 99.6 cm³/mol. The number of rotatable bonds is 8. The number of nitrogens with one attached hydrogen (secondary N) is 1. The SMILES string of the molecule is CC(NC(=O)C1CCCN1C(=O)C1CCCN1C(=O)C(N)CCC(=O)O)C(=O)O. The molecule has 29 heavy (non-hydrogen) atoms. The van der Waals surface area contributed by atoms with Gasteiger partial charge in [0.25, 0.3) is 0 Å². The number of amides is 3. The van der Waals surface area contributed by atoms with Crippen molar-refractivity contribution in [2.75, 3.05) is 13.1 Å². The van der Waals surface area contributed by atoms with E-state index in [1.807, 2.05) is 0 Å². The number of carbonyl (C=O) groups is 5. The van der Waals surface area contributed by atoms with Crippen LogP contribution in [0, 0.1) is 0 Å². The van der Waals surface area contributed by atoms with Crippen molar-refractivity contribution >= 4 is 29.7 Å². The molecule has 2 fully saturated rings. The van der Waals surface area contributed by atoms with Gasteiger partial charge in [-0.1, -0.05) is 0 Å². The van der Waals surface area contributed by atoms with E-state index >= 15 is 0 Å². The second kappa shape index (κ2) is 9.68. The molecule has 4 unspecified atom stereocenters. The molecule has 3 amide bonds. The molecule has 2 rings (SSSR count). The molecule has 0 aromatic heterocycles. The number of carbonyl (C=O) groups excluding carboxylic acids is 3. The van der Waals surface area contributed by atoms with Gasteiger partial charge in [-0.05, 0) is 39.0 Å². The Morgan fingerprint density at radius 2 is 1.62 bits per heavy atom. The van der Waals surface area contributed by atoms with Gasteiger partial charge >= 0.3 is 11.9 Å². The molecule has 0 saturated carbocycles. The summed E-state index contributed by atoms with van der Waals surface area (Å²) in [6.45, 7) is 2.04. The van der Waals surface area contributed by atoms with Crippen LogP contribution in [0.4, 0.5) is 0 Å². The summed E-state index contributed by atoms with van der Waals surface area (Å²) in [5.41, 5.74) is 5.82. The third-order valence-corrected chi connectivity index (χ3v) is 5.38. The molecule has 5 N–H and O–H groups in total. The molecule has 4 atom stereocenters. The summed E-state index contributed by atoms with van der Waals surface area (Å²) in [5.74, 6) is -3.58. The summed E-state index contributed by atoms with van der Waals surface area (Å²) in [5, 5.41) is 20.1. The lowest BCUT2D eigenvalue weighted by Crippen LogP contribution is -2.56. The molecule has 2 saturated heterocycles. The van der Waals surface area contributed by atoms with Crippen LogP contribution in [0.15, 0.2) is 0 Å². The number of nitrogens with two attached hydrogens (primary N) is 1. The van der Waals surface area contributed by atoms with E-state index in [1.54, 1.807) is 0 Å². The van der Waals surface area contributed by atoms with E-state index < -0.39 is 47.9 Å². The van der Waals surface area contributed by atoms with Crippen LogP contribution in [0.5, 0.6) is 0 Å². The summed E-state index contributed by atoms with van der Waals surface area (Å²) < 4.78 is 0. The molecule has 0 bridgehead atoms. The highest BCUT2D eigenvalue weighted by Crippen LogP contribution is 2.25. The summed E-state index contributed by atoms with van der Waals surface area (Å²) >= 11 is 0. The fraction of sp³-hybridized carbons (Fsp3) is 0.722. The van der Waals surface area contributed by atoms with Crippen LogP contribution < -0.4 is 11.1 Å². The first-order valence-electron chi connectivity index (χ1n) is 9.75. The van der Waals surface area contributed by atoms with Crippen LogP contribution in [0.3, 0.4) is 0 Å². The van der Waals surface area contributed by atoms with Crippen LogP contribution in [-0.2, 0) is 24.0 Å². The molecule has 11 nitrogen and oxygen atoms in total. The third kappa shape index (κ3) is 5.43. The predicted octanol–water partition coefficient (Wildman–Crippen LogP) is -1.25. The lowest BCUT2D eigenvalue weighted by Gasteiger charge is -2.32. The molecule has 0 aromatic carbocycles. The monoisotopic (exact) mass is 412 g/mol. The number of nitrogens with zero attached hydrogens (tertiary/aromatic N) is 2. The van der Waals surface area contributed by atoms with Gasteiger partial charge in [0.05, 0.1) is 6.04 Å². The van der Waals surface area contributed by atoms with Gasteiger partial charge < -0.3 is 31.1 Å². The highest BCUT2D eigenvalue weighted by atomic mass is 16.4. The zero-order valence-electron chi connectivity index (χ0n) is 16.4. The normalized spacial score (nSPS) is 23.5. The number of likely N-dealkylation sites (tertiary alicyclic amines) is 2. The van der Waals surface area contributed by atoms with Crippen molar-refractivity contribution in [2.45, 2.75) is 69.6 Å². The maximum atomic E-state index is 13.1. The van der Waals surface area contributed by atoms with E-state index in [9.17, 15) is 24.0 Å². The van der Waals surface area contributed by atoms with Crippen molar-refractivity contribution in [2.24, 2.45) is 5.73 Å². The number of hydrogen-bond donors (Lipinski definition) is 4. The van der Waals surface area contributed by atoms with Crippen LogP contribution in [0.1, 0.15) is 45.4 Å². The fourth-order valence-electron chi connectivity index (χ4n) is 3.77. The molecule has 0 spiro atoms. The summed E-state index contributed by atoms with van der Waals surface area (Å²) in [4.78, 5) is 62.6. The minimum atomic E-state index is -1.17. The van der Waals surface area contributed by atoms with E-state index in [0.717, 1.165) is 0 Å². The van der Waals surface area contributed by atoms with Crippen LogP contribution in [0.2, 0.25) is 0 Å². The molecule has 0 aliphatic carbocycles. The first kappa shape index (κ1) is 22.6. The Balaban J connectivity index is 2.05. The van der Waals surface area contributed by atoms with Crippen molar-refractivity contribution < 1.29 is 34.2 Å². The molecule has 2 aliphatic heterocycles. The van der Waals surface area contributed by atoms with Gasteiger partial charge in [-0.2, -0.15) is 0 Å². The van der Waals surface area contributed by atoms with Gasteiger partial charge in [-0.15, -0.1) is 0 Å². The van der Waals surface area contributed by atoms with Gasteiger partial charge in [-0.3, -0.25) is 24.0 Å². The van der Waals surface area contributed by atoms with Crippen LogP contribution in [-0.4, -0.2) is 86.9 Å². The highest BCUT2D eigenvalue weighted by molar-refractivity contribution is 5.94. The number of hydrogen-bond acceptors (Lipinski definition) is 6. The summed E-state index contributed by atoms with van der Waals surface area (Å²) in [6.07, 6.45) is 1.80. The van der Waals surface area contributed by atoms with Gasteiger partial charge in [-0.25, -0.2) is 0 Å². The van der Waals surface area contributed by atoms with E-state index in [1.165, 1.54) is 16.7 Å². The highest BCUT2D eigenvalue weighted by Gasteiger charge is 2.43. The average molecular weight is 412 g/mol. The number of carboxylic acid groups (broad SMARTS) is 2. The largest absolute Gasteiger partial charge is 0.481 e. The number of aliphatic carboxylic acids is 2. The smallest absolute Gasteiger partial charge is 0.325 e. The van der Waals surface area contributed by atoms with Crippen molar-refractivity contribution in [3.8, 4) is 0 Å². The quantitative estimate of drug-likeness (QED) is 0.383. The Labute approximate surface area is 168 Å². The molecule has 2 aliphatic rings. The van der Waals surface area contributed by atoms with Crippen LogP contribution >= 0.6 is 0 Å². The molecular weight excluding hydrogens is 384 g/mol. The van der Waals surface area contributed by atoms with E-state index in [0.29, 0.717) is 38.8 Å². The minimum absolute atomic E-state index is 0.0204. The molecule has 162 valence electrons. The molecule has 0 radical (unpaired) electrons. The maximum absolute atomic E-state index is 13.1. The average Bonchev–Trinajstić information content (AvgIpc) is 3.33. The second-order valence-corrected chi connectivity index (χ2v) is 7.49. The van der Waals surface area contributed by atoms with Crippen molar-refractivity contribution in [3.63, 3.8) is 0 Å². The minimum Gasteiger partial charge on any atom is -0.481 e. The van der Waals surface area contributed by atoms with E-state index in [4.69, 9.17) is 15.9 Å². The Bertz CT molecular complexity index is 683. The zero-order chi connectivity index (χ0) is 21.7. The first-order chi connectivity index (χ1) is 13.6. The third-order valence-electron chi connectivity index (χ3n) is 5.38. The Morgan fingerprint density at radius 1 is 1.03 bits per heavy atom. The van der Waals surface area contributed by atoms with Gasteiger partial charge in [0.15, 0.2) is 0 Å². The van der Waals surface area contributed by atoms with Gasteiger partial charge in [0.2, 0.25) is 17.7 Å². The molecule has 0 aromatic rings. The van der Waals surface area contributed by atoms with E-state index in [-0.39, 0.29) is 18.7 Å². The van der Waals surface area contributed by atoms with E-state index in [2.05, 4.69) is 5.32 Å². The Kier molecular flexibility index (Phi) is 7.54. The first-order valence-corrected chi connectivity index (χ1v) is 9.75. The van der Waals surface area contributed by atoms with Crippen molar-refractivity contribution in [1.29, 1.82) is 0 Å². The topological polar surface area (TPSA) is 170 Å². The number of carboxylic acids is 2. The van der Waals surface area contributed by atoms with Crippen molar-refractivity contribution in [3.05, 3.63) is 0 Å². The van der Waals surface area contributed by atoms with Crippen LogP contribution in [0.25, 0.3) is 0 Å². The Hall–Kier alpha value is -2.69. The molecule has 2 heterocycles. The lowest BCUT2D eigenvalue weighted by molar-refractivity contribution is -0.148. The Morgan fingerprint density at radius 3 is 2.21 bits per heavy atom. The maximum Gasteiger partial charge on any atom is 0.325 e. The molecule has 11 heteroatoms. The van der Waals surface area contributed by atoms with Crippen molar-refractivity contribution in [1.82, 2.24) is 15.1 Å².